The summed E-state index contributed by atoms with van der Waals surface area (Å²) in [5.74, 6) is -2.39. The second kappa shape index (κ2) is 15.2. The summed E-state index contributed by atoms with van der Waals surface area (Å²) in [7, 11) is 1.25. The van der Waals surface area contributed by atoms with Gasteiger partial charge in [-0.1, -0.05) is 71.9 Å². The van der Waals surface area contributed by atoms with Crippen LogP contribution in [0.15, 0.2) is 30.3 Å². The van der Waals surface area contributed by atoms with Crippen molar-refractivity contribution in [1.29, 1.82) is 0 Å². The van der Waals surface area contributed by atoms with Crippen molar-refractivity contribution in [3.05, 3.63) is 35.9 Å². The van der Waals surface area contributed by atoms with E-state index < -0.39 is 47.9 Å². The summed E-state index contributed by atoms with van der Waals surface area (Å²) in [6.45, 7) is 11.1. The topological polar surface area (TPSA) is 134 Å². The Kier molecular flexibility index (Phi) is 13.2. The van der Waals surface area contributed by atoms with Crippen molar-refractivity contribution in [3.63, 3.8) is 0 Å². The Morgan fingerprint density at radius 2 is 1.33 bits per heavy atom. The van der Waals surface area contributed by atoms with Crippen LogP contribution in [0.1, 0.15) is 59.9 Å². The molecule has 0 heterocycles. The highest BCUT2D eigenvalue weighted by molar-refractivity contribution is 5.94. The number of carbonyl (C=O) groups excluding carboxylic acids is 4. The van der Waals surface area contributed by atoms with Gasteiger partial charge in [0.25, 0.3) is 0 Å². The number of aliphatic hydroxyl groups is 1. The molecule has 3 amide bonds. The van der Waals surface area contributed by atoms with Gasteiger partial charge in [-0.25, -0.2) is 4.79 Å². The summed E-state index contributed by atoms with van der Waals surface area (Å²) in [6.07, 6.45) is -0.389. The normalized spacial score (nSPS) is 14.6. The fraction of sp³-hybridized carbons (Fsp3) is 0.630. The van der Waals surface area contributed by atoms with Crippen molar-refractivity contribution in [2.24, 2.45) is 17.8 Å². The van der Waals surface area contributed by atoms with Crippen LogP contribution in [-0.2, 0) is 30.3 Å². The number of nitrogens with one attached hydrogen (secondary N) is 3. The van der Waals surface area contributed by atoms with E-state index >= 15 is 0 Å². The molecule has 0 aliphatic rings. The third kappa shape index (κ3) is 10.8. The smallest absolute Gasteiger partial charge is 0.328 e. The largest absolute Gasteiger partial charge is 0.467 e. The second-order valence-corrected chi connectivity index (χ2v) is 10.3. The van der Waals surface area contributed by atoms with Gasteiger partial charge in [0, 0.05) is 6.42 Å². The minimum Gasteiger partial charge on any atom is -0.467 e. The molecular formula is C27H43N3O6. The van der Waals surface area contributed by atoms with Gasteiger partial charge in [-0.2, -0.15) is 0 Å². The summed E-state index contributed by atoms with van der Waals surface area (Å²) < 4.78 is 4.87. The molecule has 1 aromatic carbocycles. The summed E-state index contributed by atoms with van der Waals surface area (Å²) in [5, 5.41) is 18.2. The number of benzene rings is 1. The van der Waals surface area contributed by atoms with E-state index in [-0.39, 0.29) is 30.6 Å². The van der Waals surface area contributed by atoms with Gasteiger partial charge in [0.15, 0.2) is 0 Å². The van der Waals surface area contributed by atoms with Crippen molar-refractivity contribution >= 4 is 23.7 Å². The SMILES string of the molecule is COC(=O)[C@H](Cc1ccccc1)NC(=O)[C@@H](NC(=O)[C@H](CC(C)C)NC(=O)[C@@H](O)CC(C)C)C(C)C. The van der Waals surface area contributed by atoms with Gasteiger partial charge in [-0.05, 0) is 36.2 Å². The molecule has 9 heteroatoms. The Hall–Kier alpha value is -2.94. The highest BCUT2D eigenvalue weighted by Crippen LogP contribution is 2.11. The molecule has 0 bridgehead atoms. The third-order valence-electron chi connectivity index (χ3n) is 5.67. The number of amides is 3. The molecule has 0 aliphatic heterocycles. The van der Waals surface area contributed by atoms with Crippen LogP contribution in [0, 0.1) is 17.8 Å². The van der Waals surface area contributed by atoms with Crippen molar-refractivity contribution in [2.45, 2.75) is 85.0 Å². The molecule has 202 valence electrons. The minimum atomic E-state index is -1.23. The van der Waals surface area contributed by atoms with Crippen LogP contribution < -0.4 is 16.0 Å². The van der Waals surface area contributed by atoms with E-state index in [0.29, 0.717) is 6.42 Å². The van der Waals surface area contributed by atoms with E-state index in [0.717, 1.165) is 5.56 Å². The van der Waals surface area contributed by atoms with Gasteiger partial charge >= 0.3 is 5.97 Å². The van der Waals surface area contributed by atoms with Crippen LogP contribution in [-0.4, -0.2) is 60.1 Å². The lowest BCUT2D eigenvalue weighted by Crippen LogP contribution is -2.58. The number of ether oxygens (including phenoxy) is 1. The number of hydrogen-bond donors (Lipinski definition) is 4. The van der Waals surface area contributed by atoms with Crippen LogP contribution in [0.4, 0.5) is 0 Å². The summed E-state index contributed by atoms with van der Waals surface area (Å²) >= 11 is 0. The van der Waals surface area contributed by atoms with E-state index in [1.807, 2.05) is 58.0 Å². The Balaban J connectivity index is 2.99. The standard InChI is InChI=1S/C27H43N3O6/c1-16(2)13-20(28-25(33)22(31)14-17(3)4)24(32)30-23(18(5)6)26(34)29-21(27(35)36-7)15-19-11-9-8-10-12-19/h8-12,16-18,20-23,31H,13-15H2,1-7H3,(H,28,33)(H,29,34)(H,30,32)/t20-,21-,22-,23-/m0/s1. The maximum atomic E-state index is 13.2. The molecule has 1 aromatic rings. The van der Waals surface area contributed by atoms with Crippen LogP contribution in [0.3, 0.4) is 0 Å². The van der Waals surface area contributed by atoms with Crippen molar-refractivity contribution in [3.8, 4) is 0 Å². The molecule has 4 N–H and O–H groups in total. The minimum absolute atomic E-state index is 0.0733. The molecular weight excluding hydrogens is 462 g/mol. The maximum absolute atomic E-state index is 13.2. The van der Waals surface area contributed by atoms with E-state index in [9.17, 15) is 24.3 Å². The third-order valence-corrected chi connectivity index (χ3v) is 5.67. The number of esters is 1. The molecule has 36 heavy (non-hydrogen) atoms. The fourth-order valence-corrected chi connectivity index (χ4v) is 3.76. The Labute approximate surface area is 214 Å². The predicted octanol–water partition coefficient (Wildman–Crippen LogP) is 1.97. The van der Waals surface area contributed by atoms with Gasteiger partial charge in [0.2, 0.25) is 17.7 Å². The number of methoxy groups -OCH3 is 1. The predicted molar refractivity (Wildman–Crippen MR) is 138 cm³/mol. The first-order valence-corrected chi connectivity index (χ1v) is 12.6. The van der Waals surface area contributed by atoms with E-state index in [1.165, 1.54) is 7.11 Å². The van der Waals surface area contributed by atoms with E-state index in [1.54, 1.807) is 13.8 Å². The monoisotopic (exact) mass is 505 g/mol. The molecule has 9 nitrogen and oxygen atoms in total. The number of hydrogen-bond acceptors (Lipinski definition) is 6. The van der Waals surface area contributed by atoms with Gasteiger partial charge in [-0.3, -0.25) is 14.4 Å². The first kappa shape index (κ1) is 31.1. The molecule has 0 unspecified atom stereocenters. The zero-order valence-corrected chi connectivity index (χ0v) is 22.5. The molecule has 0 aromatic heterocycles. The van der Waals surface area contributed by atoms with Gasteiger partial charge in [-0.15, -0.1) is 0 Å². The van der Waals surface area contributed by atoms with Crippen LogP contribution >= 0.6 is 0 Å². The molecule has 1 rings (SSSR count). The van der Waals surface area contributed by atoms with Gasteiger partial charge in [0.05, 0.1) is 7.11 Å². The average molecular weight is 506 g/mol. The summed E-state index contributed by atoms with van der Waals surface area (Å²) in [4.78, 5) is 51.2. The first-order chi connectivity index (χ1) is 16.8. The fourth-order valence-electron chi connectivity index (χ4n) is 3.76. The molecule has 4 atom stereocenters. The highest BCUT2D eigenvalue weighted by Gasteiger charge is 2.32. The number of carbonyl (C=O) groups is 4. The van der Waals surface area contributed by atoms with Crippen molar-refractivity contribution in [1.82, 2.24) is 16.0 Å². The molecule has 0 radical (unpaired) electrons. The Morgan fingerprint density at radius 1 is 0.778 bits per heavy atom. The van der Waals surface area contributed by atoms with Gasteiger partial charge in [0.1, 0.15) is 24.2 Å². The number of aliphatic hydroxyl groups excluding tert-OH is 1. The average Bonchev–Trinajstić information content (AvgIpc) is 2.80. The van der Waals surface area contributed by atoms with Gasteiger partial charge < -0.3 is 25.8 Å². The molecule has 0 spiro atoms. The lowest BCUT2D eigenvalue weighted by Gasteiger charge is -2.28. The molecule has 0 saturated heterocycles. The maximum Gasteiger partial charge on any atom is 0.328 e. The van der Waals surface area contributed by atoms with E-state index in [4.69, 9.17) is 4.74 Å². The highest BCUT2D eigenvalue weighted by atomic mass is 16.5. The first-order valence-electron chi connectivity index (χ1n) is 12.6. The molecule has 0 fully saturated rings. The zero-order valence-electron chi connectivity index (χ0n) is 22.5. The molecule has 0 saturated carbocycles. The Bertz CT molecular complexity index is 856. The van der Waals surface area contributed by atoms with Crippen LogP contribution in [0.5, 0.6) is 0 Å². The second-order valence-electron chi connectivity index (χ2n) is 10.3. The summed E-state index contributed by atoms with van der Waals surface area (Å²) in [5.41, 5.74) is 0.845. The lowest BCUT2D eigenvalue weighted by atomic mass is 9.98. The molecule has 0 aliphatic carbocycles. The zero-order chi connectivity index (χ0) is 27.4. The lowest BCUT2D eigenvalue weighted by molar-refractivity contribution is -0.145. The van der Waals surface area contributed by atoms with Crippen LogP contribution in [0.2, 0.25) is 0 Å². The van der Waals surface area contributed by atoms with Crippen molar-refractivity contribution in [2.75, 3.05) is 7.11 Å². The quantitative estimate of drug-likeness (QED) is 0.286. The van der Waals surface area contributed by atoms with Crippen LogP contribution in [0.25, 0.3) is 0 Å². The Morgan fingerprint density at radius 3 is 1.83 bits per heavy atom. The van der Waals surface area contributed by atoms with Crippen molar-refractivity contribution < 1.29 is 29.0 Å². The summed E-state index contributed by atoms with van der Waals surface area (Å²) in [6, 6.07) is 6.41. The van der Waals surface area contributed by atoms with E-state index in [2.05, 4.69) is 16.0 Å². The number of rotatable bonds is 14.